The van der Waals surface area contributed by atoms with E-state index in [0.717, 1.165) is 11.5 Å². The number of sulfonamides is 1. The Kier molecular flexibility index (Phi) is 4.64. The maximum atomic E-state index is 12.5. The van der Waals surface area contributed by atoms with Crippen LogP contribution in [0.2, 0.25) is 0 Å². The van der Waals surface area contributed by atoms with Crippen LogP contribution in [0.25, 0.3) is 16.8 Å². The first-order valence-corrected chi connectivity index (χ1v) is 9.10. The quantitative estimate of drug-likeness (QED) is 0.485. The summed E-state index contributed by atoms with van der Waals surface area (Å²) in [5.74, 6) is -1.45. The molecular weight excluding hydrogens is 354 g/mol. The van der Waals surface area contributed by atoms with Gasteiger partial charge in [0.15, 0.2) is 11.5 Å². The van der Waals surface area contributed by atoms with Crippen molar-refractivity contribution >= 4 is 32.8 Å². The van der Waals surface area contributed by atoms with Crippen LogP contribution < -0.4 is 4.72 Å². The van der Waals surface area contributed by atoms with Crippen molar-refractivity contribution < 1.29 is 23.4 Å². The van der Waals surface area contributed by atoms with Crippen LogP contribution in [0.3, 0.4) is 0 Å². The van der Waals surface area contributed by atoms with Gasteiger partial charge in [0, 0.05) is 11.5 Å². The van der Waals surface area contributed by atoms with Crippen molar-refractivity contribution in [1.82, 2.24) is 4.72 Å². The van der Waals surface area contributed by atoms with E-state index in [0.29, 0.717) is 10.9 Å². The molecule has 0 radical (unpaired) electrons. The van der Waals surface area contributed by atoms with E-state index in [1.165, 1.54) is 30.3 Å². The number of rotatable bonds is 4. The van der Waals surface area contributed by atoms with Crippen molar-refractivity contribution in [2.45, 2.75) is 4.90 Å². The molecule has 26 heavy (non-hydrogen) atoms. The Morgan fingerprint density at radius 1 is 0.923 bits per heavy atom. The van der Waals surface area contributed by atoms with Crippen molar-refractivity contribution in [2.24, 2.45) is 0 Å². The summed E-state index contributed by atoms with van der Waals surface area (Å²) in [7, 11) is -4.05. The number of phenolic OH excluding ortho intramolecular Hbond substituents is 2. The van der Waals surface area contributed by atoms with Gasteiger partial charge in [-0.25, -0.2) is 13.1 Å². The van der Waals surface area contributed by atoms with Gasteiger partial charge in [-0.1, -0.05) is 42.5 Å². The van der Waals surface area contributed by atoms with Gasteiger partial charge in [0.25, 0.3) is 15.9 Å². The number of carbonyl (C=O) groups is 1. The van der Waals surface area contributed by atoms with E-state index in [-0.39, 0.29) is 16.4 Å². The molecule has 7 heteroatoms. The maximum Gasteiger partial charge on any atom is 0.264 e. The van der Waals surface area contributed by atoms with Gasteiger partial charge >= 0.3 is 0 Å². The van der Waals surface area contributed by atoms with E-state index in [2.05, 4.69) is 0 Å². The van der Waals surface area contributed by atoms with Crippen LogP contribution in [-0.2, 0) is 14.8 Å². The molecule has 0 unspecified atom stereocenters. The van der Waals surface area contributed by atoms with Gasteiger partial charge in [-0.2, -0.15) is 0 Å². The summed E-state index contributed by atoms with van der Waals surface area (Å²) in [6, 6.07) is 15.8. The second-order valence-electron chi connectivity index (χ2n) is 5.53. The first kappa shape index (κ1) is 17.5. The molecule has 0 spiro atoms. The topological polar surface area (TPSA) is 104 Å². The molecule has 0 aromatic heterocycles. The van der Waals surface area contributed by atoms with Gasteiger partial charge in [0.2, 0.25) is 0 Å². The zero-order chi connectivity index (χ0) is 18.7. The molecule has 1 amide bonds. The minimum Gasteiger partial charge on any atom is -0.504 e. The third-order valence-electron chi connectivity index (χ3n) is 3.70. The Balaban J connectivity index is 1.83. The van der Waals surface area contributed by atoms with Crippen LogP contribution in [0, 0.1) is 0 Å². The van der Waals surface area contributed by atoms with Gasteiger partial charge in [-0.05, 0) is 35.2 Å². The molecule has 3 rings (SSSR count). The van der Waals surface area contributed by atoms with Crippen LogP contribution in [0.1, 0.15) is 5.56 Å². The molecule has 6 nitrogen and oxygen atoms in total. The van der Waals surface area contributed by atoms with Crippen LogP contribution in [0.4, 0.5) is 0 Å². The minimum atomic E-state index is -4.05. The minimum absolute atomic E-state index is 0.0135. The highest BCUT2D eigenvalue weighted by Gasteiger charge is 2.18. The summed E-state index contributed by atoms with van der Waals surface area (Å²) in [5, 5.41) is 19.9. The Labute approximate surface area is 150 Å². The normalized spacial score (nSPS) is 11.7. The Morgan fingerprint density at radius 3 is 2.42 bits per heavy atom. The summed E-state index contributed by atoms with van der Waals surface area (Å²) < 4.78 is 27.1. The Morgan fingerprint density at radius 2 is 1.65 bits per heavy atom. The van der Waals surface area contributed by atoms with Crippen molar-refractivity contribution in [3.63, 3.8) is 0 Å². The van der Waals surface area contributed by atoms with Crippen LogP contribution >= 0.6 is 0 Å². The van der Waals surface area contributed by atoms with Gasteiger partial charge in [0.1, 0.15) is 0 Å². The molecule has 132 valence electrons. The maximum absolute atomic E-state index is 12.5. The molecule has 0 atom stereocenters. The number of hydrogen-bond donors (Lipinski definition) is 3. The van der Waals surface area contributed by atoms with Gasteiger partial charge in [-0.3, -0.25) is 4.79 Å². The number of fused-ring (bicyclic) bond motifs is 1. The average Bonchev–Trinajstić information content (AvgIpc) is 2.62. The molecule has 0 aliphatic heterocycles. The number of amides is 1. The Bertz CT molecular complexity index is 1110. The first-order chi connectivity index (χ1) is 12.4. The van der Waals surface area contributed by atoms with Crippen LogP contribution in [-0.4, -0.2) is 24.5 Å². The molecular formula is C19H15NO5S. The molecule has 3 aromatic rings. The fourth-order valence-electron chi connectivity index (χ4n) is 2.47. The molecule has 0 aliphatic rings. The van der Waals surface area contributed by atoms with Crippen molar-refractivity contribution in [1.29, 1.82) is 0 Å². The second kappa shape index (κ2) is 6.89. The van der Waals surface area contributed by atoms with E-state index >= 15 is 0 Å². The SMILES string of the molecule is O=C(/C=C/c1ccc(O)c(O)c1)NS(=O)(=O)c1cccc2ccccc12. The molecule has 3 aromatic carbocycles. The standard InChI is InChI=1S/C19H15NO5S/c21-16-10-8-13(12-17(16)22)9-11-19(23)20-26(24,25)18-7-3-5-14-4-1-2-6-15(14)18/h1-12,21-22H,(H,20,23)/b11-9+. The van der Waals surface area contributed by atoms with Gasteiger partial charge in [0.05, 0.1) is 4.90 Å². The number of phenols is 2. The molecule has 0 heterocycles. The number of carbonyl (C=O) groups excluding carboxylic acids is 1. The highest BCUT2D eigenvalue weighted by atomic mass is 32.2. The van der Waals surface area contributed by atoms with E-state index in [1.54, 1.807) is 36.4 Å². The molecule has 0 bridgehead atoms. The number of hydrogen-bond acceptors (Lipinski definition) is 5. The largest absolute Gasteiger partial charge is 0.504 e. The van der Waals surface area contributed by atoms with E-state index in [4.69, 9.17) is 0 Å². The first-order valence-electron chi connectivity index (χ1n) is 7.61. The lowest BCUT2D eigenvalue weighted by Crippen LogP contribution is -2.29. The Hall–Kier alpha value is -3.32. The number of aromatic hydroxyl groups is 2. The summed E-state index contributed by atoms with van der Waals surface area (Å²) >= 11 is 0. The fraction of sp³-hybridized carbons (Fsp3) is 0. The van der Waals surface area contributed by atoms with Gasteiger partial charge < -0.3 is 10.2 Å². The second-order valence-corrected chi connectivity index (χ2v) is 7.18. The molecule has 3 N–H and O–H groups in total. The van der Waals surface area contributed by atoms with Crippen LogP contribution in [0.5, 0.6) is 11.5 Å². The molecule has 0 saturated heterocycles. The predicted molar refractivity (Wildman–Crippen MR) is 98.1 cm³/mol. The zero-order valence-corrected chi connectivity index (χ0v) is 14.3. The monoisotopic (exact) mass is 369 g/mol. The van der Waals surface area contributed by atoms with E-state index < -0.39 is 15.9 Å². The summed E-state index contributed by atoms with van der Waals surface area (Å²) in [4.78, 5) is 12.0. The highest BCUT2D eigenvalue weighted by molar-refractivity contribution is 7.90. The van der Waals surface area contributed by atoms with Crippen molar-refractivity contribution in [2.75, 3.05) is 0 Å². The van der Waals surface area contributed by atoms with Crippen LogP contribution in [0.15, 0.2) is 71.6 Å². The molecule has 0 aliphatic carbocycles. The highest BCUT2D eigenvalue weighted by Crippen LogP contribution is 2.25. The molecule has 0 saturated carbocycles. The summed E-state index contributed by atoms with van der Waals surface area (Å²) in [6.45, 7) is 0. The lowest BCUT2D eigenvalue weighted by atomic mass is 10.1. The summed E-state index contributed by atoms with van der Waals surface area (Å²) in [6.07, 6.45) is 2.36. The zero-order valence-electron chi connectivity index (χ0n) is 13.5. The predicted octanol–water partition coefficient (Wildman–Crippen LogP) is 2.77. The number of nitrogens with one attached hydrogen (secondary N) is 1. The fourth-order valence-corrected chi connectivity index (χ4v) is 3.64. The third kappa shape index (κ3) is 3.68. The lowest BCUT2D eigenvalue weighted by molar-refractivity contribution is -0.114. The number of benzene rings is 3. The average molecular weight is 369 g/mol. The van der Waals surface area contributed by atoms with E-state index in [1.807, 2.05) is 4.72 Å². The third-order valence-corrected chi connectivity index (χ3v) is 5.11. The summed E-state index contributed by atoms with van der Waals surface area (Å²) in [5.41, 5.74) is 0.429. The lowest BCUT2D eigenvalue weighted by Gasteiger charge is -2.08. The van der Waals surface area contributed by atoms with Gasteiger partial charge in [-0.15, -0.1) is 0 Å². The van der Waals surface area contributed by atoms with Crippen molar-refractivity contribution in [3.05, 3.63) is 72.3 Å². The van der Waals surface area contributed by atoms with E-state index in [9.17, 15) is 23.4 Å². The molecule has 0 fully saturated rings. The smallest absolute Gasteiger partial charge is 0.264 e. The van der Waals surface area contributed by atoms with Crippen molar-refractivity contribution in [3.8, 4) is 11.5 Å².